The number of carbonyl (C=O) groups excluding carboxylic acids is 1. The predicted molar refractivity (Wildman–Crippen MR) is 78.7 cm³/mol. The Morgan fingerprint density at radius 3 is 2.38 bits per heavy atom. The minimum atomic E-state index is -0.606. The smallest absolute Gasteiger partial charge is 0.170 e. The SMILES string of the molecule is COc1cc(F)c(C(=O)Cc2cccc(C)c2)cc1OC. The van der Waals surface area contributed by atoms with Crippen molar-refractivity contribution < 1.29 is 18.7 Å². The van der Waals surface area contributed by atoms with E-state index < -0.39 is 5.82 Å². The molecule has 0 aliphatic heterocycles. The first-order chi connectivity index (χ1) is 10.0. The number of methoxy groups -OCH3 is 2. The van der Waals surface area contributed by atoms with Crippen molar-refractivity contribution >= 4 is 5.78 Å². The Balaban J connectivity index is 2.31. The predicted octanol–water partition coefficient (Wildman–Crippen LogP) is 3.58. The number of ketones is 1. The van der Waals surface area contributed by atoms with Crippen molar-refractivity contribution in [1.82, 2.24) is 0 Å². The van der Waals surface area contributed by atoms with Crippen LogP contribution in [0.25, 0.3) is 0 Å². The van der Waals surface area contributed by atoms with Gasteiger partial charge in [0.05, 0.1) is 19.8 Å². The van der Waals surface area contributed by atoms with Crippen LogP contribution in [0.15, 0.2) is 36.4 Å². The molecule has 0 saturated carbocycles. The number of hydrogen-bond donors (Lipinski definition) is 0. The van der Waals surface area contributed by atoms with E-state index in [2.05, 4.69) is 0 Å². The van der Waals surface area contributed by atoms with Crippen LogP contribution in [-0.4, -0.2) is 20.0 Å². The molecule has 2 rings (SSSR count). The number of rotatable bonds is 5. The number of Topliss-reactive ketones (excluding diaryl/α,β-unsaturated/α-hetero) is 1. The molecule has 0 heterocycles. The van der Waals surface area contributed by atoms with E-state index in [1.807, 2.05) is 31.2 Å². The molecule has 110 valence electrons. The molecule has 21 heavy (non-hydrogen) atoms. The van der Waals surface area contributed by atoms with Crippen molar-refractivity contribution in [2.45, 2.75) is 13.3 Å². The molecule has 0 radical (unpaired) electrons. The van der Waals surface area contributed by atoms with Crippen molar-refractivity contribution in [2.24, 2.45) is 0 Å². The lowest BCUT2D eigenvalue weighted by Gasteiger charge is -2.10. The van der Waals surface area contributed by atoms with E-state index in [1.165, 1.54) is 26.4 Å². The molecule has 0 aliphatic carbocycles. The Hall–Kier alpha value is -2.36. The van der Waals surface area contributed by atoms with Crippen LogP contribution in [0.2, 0.25) is 0 Å². The molecule has 2 aromatic carbocycles. The van der Waals surface area contributed by atoms with Crippen LogP contribution in [0.3, 0.4) is 0 Å². The van der Waals surface area contributed by atoms with Gasteiger partial charge in [-0.25, -0.2) is 4.39 Å². The number of ether oxygens (including phenoxy) is 2. The van der Waals surface area contributed by atoms with E-state index in [4.69, 9.17) is 9.47 Å². The van der Waals surface area contributed by atoms with Crippen molar-refractivity contribution in [3.8, 4) is 11.5 Å². The Bertz CT molecular complexity index is 665. The van der Waals surface area contributed by atoms with Gasteiger partial charge in [-0.15, -0.1) is 0 Å². The Morgan fingerprint density at radius 1 is 1.10 bits per heavy atom. The zero-order valence-corrected chi connectivity index (χ0v) is 12.3. The normalized spacial score (nSPS) is 10.3. The largest absolute Gasteiger partial charge is 0.493 e. The van der Waals surface area contributed by atoms with Gasteiger partial charge < -0.3 is 9.47 Å². The van der Waals surface area contributed by atoms with Crippen LogP contribution in [0.1, 0.15) is 21.5 Å². The monoisotopic (exact) mass is 288 g/mol. The molecule has 0 saturated heterocycles. The molecule has 2 aromatic rings. The van der Waals surface area contributed by atoms with Gasteiger partial charge in [-0.05, 0) is 18.6 Å². The molecule has 0 bridgehead atoms. The minimum absolute atomic E-state index is 0.00848. The zero-order chi connectivity index (χ0) is 15.4. The van der Waals surface area contributed by atoms with E-state index in [-0.39, 0.29) is 23.5 Å². The summed E-state index contributed by atoms with van der Waals surface area (Å²) in [5.41, 5.74) is 1.93. The summed E-state index contributed by atoms with van der Waals surface area (Å²) in [7, 11) is 2.87. The van der Waals surface area contributed by atoms with Gasteiger partial charge in [0.15, 0.2) is 17.3 Å². The van der Waals surface area contributed by atoms with Gasteiger partial charge in [0.2, 0.25) is 0 Å². The summed E-state index contributed by atoms with van der Waals surface area (Å²) in [5, 5.41) is 0. The average molecular weight is 288 g/mol. The number of benzene rings is 2. The zero-order valence-electron chi connectivity index (χ0n) is 12.3. The second kappa shape index (κ2) is 6.39. The number of aryl methyl sites for hydroxylation is 1. The van der Waals surface area contributed by atoms with Crippen molar-refractivity contribution in [1.29, 1.82) is 0 Å². The summed E-state index contributed by atoms with van der Waals surface area (Å²) in [6, 6.07) is 10.1. The summed E-state index contributed by atoms with van der Waals surface area (Å²) >= 11 is 0. The third kappa shape index (κ3) is 3.40. The highest BCUT2D eigenvalue weighted by Crippen LogP contribution is 2.30. The van der Waals surface area contributed by atoms with E-state index in [9.17, 15) is 9.18 Å². The summed E-state index contributed by atoms with van der Waals surface area (Å²) in [6.07, 6.45) is 0.147. The van der Waals surface area contributed by atoms with Crippen LogP contribution in [0.4, 0.5) is 4.39 Å². The average Bonchev–Trinajstić information content (AvgIpc) is 2.46. The fourth-order valence-electron chi connectivity index (χ4n) is 2.17. The van der Waals surface area contributed by atoms with E-state index >= 15 is 0 Å². The summed E-state index contributed by atoms with van der Waals surface area (Å²) in [5.74, 6) is -0.294. The summed E-state index contributed by atoms with van der Waals surface area (Å²) < 4.78 is 24.1. The van der Waals surface area contributed by atoms with Gasteiger partial charge in [-0.3, -0.25) is 4.79 Å². The molecule has 0 aliphatic rings. The molecule has 0 aromatic heterocycles. The topological polar surface area (TPSA) is 35.5 Å². The first-order valence-corrected chi connectivity index (χ1v) is 6.55. The van der Waals surface area contributed by atoms with Crippen molar-refractivity contribution in [3.05, 3.63) is 58.9 Å². The fraction of sp³-hybridized carbons (Fsp3) is 0.235. The Morgan fingerprint density at radius 2 is 1.76 bits per heavy atom. The van der Waals surface area contributed by atoms with Crippen LogP contribution in [0, 0.1) is 12.7 Å². The molecule has 0 N–H and O–H groups in total. The van der Waals surface area contributed by atoms with E-state index in [0.29, 0.717) is 5.75 Å². The third-order valence-electron chi connectivity index (χ3n) is 3.22. The van der Waals surface area contributed by atoms with Crippen molar-refractivity contribution in [2.75, 3.05) is 14.2 Å². The van der Waals surface area contributed by atoms with Crippen LogP contribution in [0.5, 0.6) is 11.5 Å². The van der Waals surface area contributed by atoms with E-state index in [0.717, 1.165) is 11.1 Å². The van der Waals surface area contributed by atoms with Gasteiger partial charge in [0, 0.05) is 12.5 Å². The first-order valence-electron chi connectivity index (χ1n) is 6.55. The van der Waals surface area contributed by atoms with Gasteiger partial charge in [-0.1, -0.05) is 29.8 Å². The quantitative estimate of drug-likeness (QED) is 0.789. The highest BCUT2D eigenvalue weighted by Gasteiger charge is 2.17. The first kappa shape index (κ1) is 15.0. The third-order valence-corrected chi connectivity index (χ3v) is 3.22. The Kier molecular flexibility index (Phi) is 4.58. The lowest BCUT2D eigenvalue weighted by atomic mass is 10.0. The minimum Gasteiger partial charge on any atom is -0.493 e. The molecule has 0 atom stereocenters. The lowest BCUT2D eigenvalue weighted by molar-refractivity contribution is 0.0988. The molecule has 3 nitrogen and oxygen atoms in total. The standard InChI is InChI=1S/C17H17FO3/c1-11-5-4-6-12(7-11)8-15(19)13-9-16(20-2)17(21-3)10-14(13)18/h4-7,9-10H,8H2,1-3H3. The molecule has 0 spiro atoms. The van der Waals surface area contributed by atoms with Crippen molar-refractivity contribution in [3.63, 3.8) is 0 Å². The highest BCUT2D eigenvalue weighted by molar-refractivity contribution is 5.98. The lowest BCUT2D eigenvalue weighted by Crippen LogP contribution is -2.07. The van der Waals surface area contributed by atoms with Crippen LogP contribution >= 0.6 is 0 Å². The van der Waals surface area contributed by atoms with Crippen LogP contribution in [-0.2, 0) is 6.42 Å². The maximum atomic E-state index is 14.0. The molecule has 4 heteroatoms. The summed E-state index contributed by atoms with van der Waals surface area (Å²) in [4.78, 5) is 12.3. The Labute approximate surface area is 123 Å². The summed E-state index contributed by atoms with van der Waals surface area (Å²) in [6.45, 7) is 1.95. The molecule has 0 fully saturated rings. The second-order valence-electron chi connectivity index (χ2n) is 4.78. The highest BCUT2D eigenvalue weighted by atomic mass is 19.1. The molecular formula is C17H17FO3. The van der Waals surface area contributed by atoms with Gasteiger partial charge >= 0.3 is 0 Å². The molecule has 0 amide bonds. The number of halogens is 1. The second-order valence-corrected chi connectivity index (χ2v) is 4.78. The van der Waals surface area contributed by atoms with Crippen LogP contribution < -0.4 is 9.47 Å². The molecular weight excluding hydrogens is 271 g/mol. The van der Waals surface area contributed by atoms with E-state index in [1.54, 1.807) is 0 Å². The number of hydrogen-bond acceptors (Lipinski definition) is 3. The number of carbonyl (C=O) groups is 1. The van der Waals surface area contributed by atoms with Gasteiger partial charge in [0.1, 0.15) is 5.82 Å². The maximum absolute atomic E-state index is 14.0. The molecule has 0 unspecified atom stereocenters. The fourth-order valence-corrected chi connectivity index (χ4v) is 2.17. The maximum Gasteiger partial charge on any atom is 0.170 e. The van der Waals surface area contributed by atoms with Gasteiger partial charge in [-0.2, -0.15) is 0 Å². The van der Waals surface area contributed by atoms with Gasteiger partial charge in [0.25, 0.3) is 0 Å².